The predicted octanol–water partition coefficient (Wildman–Crippen LogP) is 7.86. The average molecular weight is 585 g/mol. The first-order valence-corrected chi connectivity index (χ1v) is 14.7. The van der Waals surface area contributed by atoms with E-state index in [0.717, 1.165) is 16.9 Å². The molecule has 0 fully saturated rings. The van der Waals surface area contributed by atoms with Gasteiger partial charge in [0.2, 0.25) is 0 Å². The molecule has 1 amide bonds. The molecule has 44 heavy (non-hydrogen) atoms. The summed E-state index contributed by atoms with van der Waals surface area (Å²) < 4.78 is 6.12. The number of carbonyl (C=O) groups is 2. The standard InChI is InChI=1S/C38H36N2O4/c1-28-13-19-32(20-14-28)39(33-21-15-29(2)16-22-33)25-26-44-35-23-17-30(18-24-35)27-36(38(42)43)40(34-11-7-4-8-12-34)37(41)31-9-5-3-6-10-31/h3-24,36H,25-27H2,1-2H3,(H,42,43)/t36-/m0/s1. The molecule has 0 aliphatic heterocycles. The van der Waals surface area contributed by atoms with Gasteiger partial charge in [0, 0.05) is 29.0 Å². The lowest BCUT2D eigenvalue weighted by Gasteiger charge is -2.29. The van der Waals surface area contributed by atoms with Crippen LogP contribution in [-0.4, -0.2) is 36.2 Å². The molecule has 0 aliphatic rings. The Labute approximate surface area is 258 Å². The molecule has 5 aromatic carbocycles. The van der Waals surface area contributed by atoms with Crippen molar-refractivity contribution in [3.63, 3.8) is 0 Å². The van der Waals surface area contributed by atoms with Crippen LogP contribution in [0, 0.1) is 13.8 Å². The molecule has 1 atom stereocenters. The Hall–Kier alpha value is -5.36. The fraction of sp³-hybridized carbons (Fsp3) is 0.158. The van der Waals surface area contributed by atoms with Crippen molar-refractivity contribution < 1.29 is 19.4 Å². The van der Waals surface area contributed by atoms with E-state index in [1.165, 1.54) is 16.0 Å². The van der Waals surface area contributed by atoms with Gasteiger partial charge >= 0.3 is 5.97 Å². The highest BCUT2D eigenvalue weighted by atomic mass is 16.5. The topological polar surface area (TPSA) is 70.1 Å². The molecule has 5 rings (SSSR count). The second kappa shape index (κ2) is 14.2. The van der Waals surface area contributed by atoms with E-state index in [1.54, 1.807) is 48.5 Å². The molecule has 0 heterocycles. The van der Waals surface area contributed by atoms with Crippen LogP contribution in [0.15, 0.2) is 133 Å². The Kier molecular flexibility index (Phi) is 9.72. The number of anilines is 3. The minimum Gasteiger partial charge on any atom is -0.492 e. The Morgan fingerprint density at radius 3 is 1.70 bits per heavy atom. The first kappa shape index (κ1) is 30.1. The van der Waals surface area contributed by atoms with Crippen molar-refractivity contribution in [2.75, 3.05) is 23.0 Å². The maximum atomic E-state index is 13.6. The molecule has 6 heteroatoms. The highest BCUT2D eigenvalue weighted by molar-refractivity contribution is 6.09. The van der Waals surface area contributed by atoms with Crippen LogP contribution in [0.2, 0.25) is 0 Å². The lowest BCUT2D eigenvalue weighted by Crippen LogP contribution is -2.46. The number of aliphatic carboxylic acids is 1. The minimum absolute atomic E-state index is 0.137. The van der Waals surface area contributed by atoms with Crippen LogP contribution < -0.4 is 14.5 Å². The number of amides is 1. The lowest BCUT2D eigenvalue weighted by molar-refractivity contribution is -0.138. The predicted molar refractivity (Wildman–Crippen MR) is 176 cm³/mol. The number of carboxylic acid groups (broad SMARTS) is 1. The van der Waals surface area contributed by atoms with Gasteiger partial charge in [-0.1, -0.05) is 83.9 Å². The number of carboxylic acids is 1. The first-order chi connectivity index (χ1) is 21.4. The van der Waals surface area contributed by atoms with E-state index >= 15 is 0 Å². The van der Waals surface area contributed by atoms with Crippen molar-refractivity contribution in [3.8, 4) is 5.75 Å². The largest absolute Gasteiger partial charge is 0.492 e. The van der Waals surface area contributed by atoms with Crippen molar-refractivity contribution in [1.82, 2.24) is 0 Å². The third kappa shape index (κ3) is 7.53. The number of aryl methyl sites for hydroxylation is 2. The molecule has 0 aliphatic carbocycles. The average Bonchev–Trinajstić information content (AvgIpc) is 3.05. The van der Waals surface area contributed by atoms with Gasteiger partial charge in [-0.05, 0) is 80.1 Å². The molecular weight excluding hydrogens is 548 g/mol. The summed E-state index contributed by atoms with van der Waals surface area (Å²) in [6.07, 6.45) is 0.137. The fourth-order valence-electron chi connectivity index (χ4n) is 5.09. The van der Waals surface area contributed by atoms with E-state index in [-0.39, 0.29) is 12.3 Å². The van der Waals surface area contributed by atoms with Gasteiger partial charge < -0.3 is 14.7 Å². The summed E-state index contributed by atoms with van der Waals surface area (Å²) >= 11 is 0. The van der Waals surface area contributed by atoms with Crippen LogP contribution >= 0.6 is 0 Å². The summed E-state index contributed by atoms with van der Waals surface area (Å²) in [5.41, 5.74) is 6.33. The summed E-state index contributed by atoms with van der Waals surface area (Å²) in [7, 11) is 0. The number of hydrogen-bond donors (Lipinski definition) is 1. The zero-order chi connectivity index (χ0) is 30.9. The second-order valence-corrected chi connectivity index (χ2v) is 10.8. The number of benzene rings is 5. The van der Waals surface area contributed by atoms with E-state index in [2.05, 4.69) is 67.3 Å². The van der Waals surface area contributed by atoms with E-state index < -0.39 is 12.0 Å². The zero-order valence-corrected chi connectivity index (χ0v) is 25.0. The Morgan fingerprint density at radius 1 is 0.659 bits per heavy atom. The summed E-state index contributed by atoms with van der Waals surface area (Å²) in [5, 5.41) is 10.3. The van der Waals surface area contributed by atoms with Crippen LogP contribution in [-0.2, 0) is 11.2 Å². The molecule has 0 aromatic heterocycles. The highest BCUT2D eigenvalue weighted by Gasteiger charge is 2.32. The summed E-state index contributed by atoms with van der Waals surface area (Å²) in [6, 6.07) is 40.9. The monoisotopic (exact) mass is 584 g/mol. The van der Waals surface area contributed by atoms with Gasteiger partial charge in [0.1, 0.15) is 18.4 Å². The number of rotatable bonds is 12. The van der Waals surface area contributed by atoms with Gasteiger partial charge in [-0.2, -0.15) is 0 Å². The van der Waals surface area contributed by atoms with Crippen molar-refractivity contribution in [3.05, 3.63) is 156 Å². The van der Waals surface area contributed by atoms with Crippen molar-refractivity contribution >= 4 is 28.9 Å². The molecule has 0 radical (unpaired) electrons. The molecule has 1 N–H and O–H groups in total. The Morgan fingerprint density at radius 2 is 1.18 bits per heavy atom. The molecule has 0 saturated carbocycles. The molecule has 6 nitrogen and oxygen atoms in total. The van der Waals surface area contributed by atoms with Crippen molar-refractivity contribution in [2.45, 2.75) is 26.3 Å². The fourth-order valence-corrected chi connectivity index (χ4v) is 5.09. The normalized spacial score (nSPS) is 11.4. The summed E-state index contributed by atoms with van der Waals surface area (Å²) in [6.45, 7) is 5.24. The molecule has 222 valence electrons. The maximum absolute atomic E-state index is 13.6. The number of hydrogen-bond acceptors (Lipinski definition) is 4. The SMILES string of the molecule is Cc1ccc(N(CCOc2ccc(C[C@@H](C(=O)O)N(C(=O)c3ccccc3)c3ccccc3)cc2)c2ccc(C)cc2)cc1. The highest BCUT2D eigenvalue weighted by Crippen LogP contribution is 2.27. The van der Waals surface area contributed by atoms with Crippen LogP contribution in [0.25, 0.3) is 0 Å². The molecular formula is C38H36N2O4. The van der Waals surface area contributed by atoms with E-state index in [1.807, 2.05) is 36.4 Å². The lowest BCUT2D eigenvalue weighted by atomic mass is 10.0. The van der Waals surface area contributed by atoms with Gasteiger partial charge in [0.25, 0.3) is 5.91 Å². The number of nitrogens with zero attached hydrogens (tertiary/aromatic N) is 2. The maximum Gasteiger partial charge on any atom is 0.327 e. The number of para-hydroxylation sites is 1. The first-order valence-electron chi connectivity index (χ1n) is 14.7. The summed E-state index contributed by atoms with van der Waals surface area (Å²) in [5.74, 6) is -0.754. The van der Waals surface area contributed by atoms with E-state index in [9.17, 15) is 14.7 Å². The van der Waals surface area contributed by atoms with Crippen molar-refractivity contribution in [2.24, 2.45) is 0 Å². The van der Waals surface area contributed by atoms with Crippen LogP contribution in [0.4, 0.5) is 17.1 Å². The smallest absolute Gasteiger partial charge is 0.327 e. The second-order valence-electron chi connectivity index (χ2n) is 10.8. The summed E-state index contributed by atoms with van der Waals surface area (Å²) in [4.78, 5) is 29.8. The number of ether oxygens (including phenoxy) is 1. The van der Waals surface area contributed by atoms with Crippen molar-refractivity contribution in [1.29, 1.82) is 0 Å². The molecule has 0 saturated heterocycles. The Bertz CT molecular complexity index is 1610. The van der Waals surface area contributed by atoms with E-state index in [0.29, 0.717) is 30.2 Å². The minimum atomic E-state index is -1.10. The molecule has 5 aromatic rings. The van der Waals surface area contributed by atoms with E-state index in [4.69, 9.17) is 4.74 Å². The Balaban J connectivity index is 1.29. The van der Waals surface area contributed by atoms with Gasteiger partial charge in [-0.25, -0.2) is 4.79 Å². The van der Waals surface area contributed by atoms with Crippen LogP contribution in [0.5, 0.6) is 5.75 Å². The van der Waals surface area contributed by atoms with Gasteiger partial charge in [-0.15, -0.1) is 0 Å². The molecule has 0 unspecified atom stereocenters. The quantitative estimate of drug-likeness (QED) is 0.162. The van der Waals surface area contributed by atoms with Crippen LogP contribution in [0.3, 0.4) is 0 Å². The zero-order valence-electron chi connectivity index (χ0n) is 25.0. The third-order valence-corrected chi connectivity index (χ3v) is 7.50. The van der Waals surface area contributed by atoms with Gasteiger partial charge in [0.15, 0.2) is 0 Å². The molecule has 0 bridgehead atoms. The molecule has 0 spiro atoms. The van der Waals surface area contributed by atoms with Crippen LogP contribution in [0.1, 0.15) is 27.0 Å². The number of carbonyl (C=O) groups excluding carboxylic acids is 1. The van der Waals surface area contributed by atoms with Gasteiger partial charge in [-0.3, -0.25) is 9.69 Å². The van der Waals surface area contributed by atoms with Gasteiger partial charge in [0.05, 0.1) is 6.54 Å². The third-order valence-electron chi connectivity index (χ3n) is 7.50.